The summed E-state index contributed by atoms with van der Waals surface area (Å²) in [7, 11) is 0. The largest absolute Gasteiger partial charge is 0.489 e. The standard InChI is InChI=1S/C22H26FN5O2S/c1-21(2,3)16-5-7-17(8-6-16)30-12-15-11-22(23,31-4)10-9-18(15)27-20(29)28-19-25-13-24-14-26-19/h5-9,11,13-14H,10,12H2,1-4H3,(H2,24,25,26,27,28,29). The van der Waals surface area contributed by atoms with E-state index in [1.807, 2.05) is 24.3 Å². The Kier molecular flexibility index (Phi) is 6.94. The zero-order valence-corrected chi connectivity index (χ0v) is 18.8. The molecule has 0 radical (unpaired) electrons. The topological polar surface area (TPSA) is 89.0 Å². The van der Waals surface area contributed by atoms with Crippen molar-refractivity contribution in [2.45, 2.75) is 37.6 Å². The Hall–Kier alpha value is -2.94. The number of carbonyl (C=O) groups excluding carboxylic acids is 1. The lowest BCUT2D eigenvalue weighted by Gasteiger charge is -2.26. The van der Waals surface area contributed by atoms with Gasteiger partial charge in [0.15, 0.2) is 5.00 Å². The van der Waals surface area contributed by atoms with Gasteiger partial charge in [0.2, 0.25) is 5.95 Å². The number of rotatable bonds is 6. The third kappa shape index (κ3) is 6.27. The normalized spacial score (nSPS) is 18.6. The summed E-state index contributed by atoms with van der Waals surface area (Å²) in [6, 6.07) is 7.29. The van der Waals surface area contributed by atoms with Crippen molar-refractivity contribution in [3.05, 3.63) is 65.9 Å². The van der Waals surface area contributed by atoms with Gasteiger partial charge in [0.1, 0.15) is 25.0 Å². The van der Waals surface area contributed by atoms with Gasteiger partial charge in [-0.3, -0.25) is 5.32 Å². The molecule has 7 nitrogen and oxygen atoms in total. The molecule has 31 heavy (non-hydrogen) atoms. The van der Waals surface area contributed by atoms with E-state index >= 15 is 0 Å². The summed E-state index contributed by atoms with van der Waals surface area (Å²) in [5.41, 5.74) is 2.27. The maximum absolute atomic E-state index is 15.0. The molecule has 164 valence electrons. The van der Waals surface area contributed by atoms with Crippen molar-refractivity contribution in [3.8, 4) is 5.75 Å². The highest BCUT2D eigenvalue weighted by Crippen LogP contribution is 2.37. The number of aromatic nitrogens is 3. The van der Waals surface area contributed by atoms with E-state index in [9.17, 15) is 9.18 Å². The molecule has 0 saturated carbocycles. The first kappa shape index (κ1) is 22.7. The van der Waals surface area contributed by atoms with Gasteiger partial charge in [0, 0.05) is 17.7 Å². The molecule has 1 aromatic heterocycles. The lowest BCUT2D eigenvalue weighted by molar-refractivity contribution is 0.253. The monoisotopic (exact) mass is 443 g/mol. The highest BCUT2D eigenvalue weighted by molar-refractivity contribution is 8.00. The quantitative estimate of drug-likeness (QED) is 0.678. The number of carbonyl (C=O) groups is 1. The molecular weight excluding hydrogens is 417 g/mol. The fourth-order valence-corrected chi connectivity index (χ4v) is 3.44. The van der Waals surface area contributed by atoms with Crippen LogP contribution >= 0.6 is 11.8 Å². The van der Waals surface area contributed by atoms with Gasteiger partial charge in [0.25, 0.3) is 0 Å². The number of urea groups is 1. The first-order chi connectivity index (χ1) is 14.7. The molecule has 1 unspecified atom stereocenters. The van der Waals surface area contributed by atoms with Crippen molar-refractivity contribution in [1.29, 1.82) is 0 Å². The van der Waals surface area contributed by atoms with Crippen LogP contribution in [-0.2, 0) is 5.41 Å². The summed E-state index contributed by atoms with van der Waals surface area (Å²) in [6.45, 7) is 6.54. The Balaban J connectivity index is 1.69. The number of amides is 2. The highest BCUT2D eigenvalue weighted by Gasteiger charge is 2.30. The third-order valence-electron chi connectivity index (χ3n) is 4.74. The number of thioether (sulfide) groups is 1. The second kappa shape index (κ2) is 9.47. The maximum Gasteiger partial charge on any atom is 0.326 e. The third-order valence-corrected chi connectivity index (χ3v) is 5.70. The van der Waals surface area contributed by atoms with E-state index in [2.05, 4.69) is 46.4 Å². The van der Waals surface area contributed by atoms with Gasteiger partial charge >= 0.3 is 6.03 Å². The summed E-state index contributed by atoms with van der Waals surface area (Å²) in [4.78, 5) is 23.7. The zero-order valence-electron chi connectivity index (χ0n) is 18.0. The minimum Gasteiger partial charge on any atom is -0.489 e. The minimum atomic E-state index is -1.55. The van der Waals surface area contributed by atoms with Crippen LogP contribution in [0.1, 0.15) is 32.8 Å². The van der Waals surface area contributed by atoms with E-state index in [-0.39, 0.29) is 24.4 Å². The van der Waals surface area contributed by atoms with Crippen LogP contribution in [0.2, 0.25) is 0 Å². The summed E-state index contributed by atoms with van der Waals surface area (Å²) in [5.74, 6) is 0.788. The molecule has 0 saturated heterocycles. The average molecular weight is 444 g/mol. The van der Waals surface area contributed by atoms with Gasteiger partial charge in [-0.25, -0.2) is 24.1 Å². The second-order valence-corrected chi connectivity index (χ2v) is 9.17. The van der Waals surface area contributed by atoms with Crippen LogP contribution in [0.3, 0.4) is 0 Å². The van der Waals surface area contributed by atoms with Gasteiger partial charge < -0.3 is 10.1 Å². The highest BCUT2D eigenvalue weighted by atomic mass is 32.2. The van der Waals surface area contributed by atoms with E-state index in [1.165, 1.54) is 24.3 Å². The van der Waals surface area contributed by atoms with E-state index in [4.69, 9.17) is 4.74 Å². The molecule has 1 atom stereocenters. The molecular formula is C22H26FN5O2S. The number of hydrogen-bond acceptors (Lipinski definition) is 6. The van der Waals surface area contributed by atoms with Crippen LogP contribution in [0, 0.1) is 0 Å². The molecule has 0 bridgehead atoms. The van der Waals surface area contributed by atoms with Crippen LogP contribution in [0.5, 0.6) is 5.75 Å². The predicted molar refractivity (Wildman–Crippen MR) is 121 cm³/mol. The van der Waals surface area contributed by atoms with Gasteiger partial charge in [-0.2, -0.15) is 0 Å². The number of hydrogen-bond donors (Lipinski definition) is 2. The molecule has 2 aromatic rings. The van der Waals surface area contributed by atoms with Crippen molar-refractivity contribution in [2.24, 2.45) is 0 Å². The van der Waals surface area contributed by atoms with Crippen molar-refractivity contribution in [3.63, 3.8) is 0 Å². The van der Waals surface area contributed by atoms with Crippen molar-refractivity contribution in [2.75, 3.05) is 18.2 Å². The lowest BCUT2D eigenvalue weighted by Crippen LogP contribution is -2.33. The molecule has 2 N–H and O–H groups in total. The smallest absolute Gasteiger partial charge is 0.326 e. The van der Waals surface area contributed by atoms with Crippen LogP contribution in [0.4, 0.5) is 15.1 Å². The number of nitrogens with one attached hydrogen (secondary N) is 2. The number of halogens is 1. The van der Waals surface area contributed by atoms with Crippen LogP contribution in [-0.4, -0.2) is 38.8 Å². The van der Waals surface area contributed by atoms with Crippen LogP contribution in [0.15, 0.2) is 60.3 Å². The molecule has 1 aliphatic rings. The number of benzene rings is 1. The summed E-state index contributed by atoms with van der Waals surface area (Å²) in [5, 5.41) is 3.70. The first-order valence-electron chi connectivity index (χ1n) is 9.78. The lowest BCUT2D eigenvalue weighted by atomic mass is 9.87. The maximum atomic E-state index is 15.0. The average Bonchev–Trinajstić information content (AvgIpc) is 2.74. The van der Waals surface area contributed by atoms with Crippen molar-refractivity contribution < 1.29 is 13.9 Å². The molecule has 1 aliphatic carbocycles. The molecule has 1 aromatic carbocycles. The van der Waals surface area contributed by atoms with Gasteiger partial charge in [-0.15, -0.1) is 11.8 Å². The Morgan fingerprint density at radius 3 is 2.48 bits per heavy atom. The predicted octanol–water partition coefficient (Wildman–Crippen LogP) is 4.61. The van der Waals surface area contributed by atoms with Crippen LogP contribution in [0.25, 0.3) is 0 Å². The molecule has 3 rings (SSSR count). The number of ether oxygens (including phenoxy) is 1. The van der Waals surface area contributed by atoms with Gasteiger partial charge in [-0.1, -0.05) is 39.0 Å². The molecule has 0 fully saturated rings. The Morgan fingerprint density at radius 1 is 1.19 bits per heavy atom. The summed E-state index contributed by atoms with van der Waals surface area (Å²) >= 11 is 1.10. The van der Waals surface area contributed by atoms with E-state index in [0.717, 1.165) is 11.8 Å². The molecule has 9 heteroatoms. The summed E-state index contributed by atoms with van der Waals surface area (Å²) < 4.78 is 20.8. The molecule has 0 aliphatic heterocycles. The Labute approximate surface area is 185 Å². The molecule has 0 spiro atoms. The fraction of sp³-hybridized carbons (Fsp3) is 0.364. The molecule has 1 heterocycles. The van der Waals surface area contributed by atoms with Crippen molar-refractivity contribution in [1.82, 2.24) is 20.3 Å². The second-order valence-electron chi connectivity index (χ2n) is 8.09. The number of nitrogens with zero attached hydrogens (tertiary/aromatic N) is 3. The first-order valence-corrected chi connectivity index (χ1v) is 11.0. The number of alkyl halides is 1. The van der Waals surface area contributed by atoms with E-state index < -0.39 is 11.0 Å². The van der Waals surface area contributed by atoms with E-state index in [0.29, 0.717) is 17.0 Å². The number of allylic oxidation sites excluding steroid dienone is 1. The van der Waals surface area contributed by atoms with Gasteiger partial charge in [-0.05, 0) is 35.4 Å². The summed E-state index contributed by atoms with van der Waals surface area (Å²) in [6.07, 6.45) is 7.56. The van der Waals surface area contributed by atoms with Gasteiger partial charge in [0.05, 0.1) is 0 Å². The van der Waals surface area contributed by atoms with Crippen LogP contribution < -0.4 is 15.4 Å². The zero-order chi connectivity index (χ0) is 22.5. The minimum absolute atomic E-state index is 0.0440. The van der Waals surface area contributed by atoms with Crippen molar-refractivity contribution >= 4 is 23.7 Å². The Bertz CT molecular complexity index is 974. The Morgan fingerprint density at radius 2 is 1.87 bits per heavy atom. The van der Waals surface area contributed by atoms with E-state index in [1.54, 1.807) is 12.3 Å². The SMILES string of the molecule is CSC1(F)C=C(COc2ccc(C(C)(C)C)cc2)C(NC(=O)Nc2ncncn2)=CC1. The molecule has 2 amide bonds. The fourth-order valence-electron chi connectivity index (χ4n) is 2.93. The number of anilines is 1.